The Bertz CT molecular complexity index is 599. The zero-order valence-corrected chi connectivity index (χ0v) is 10.2. The van der Waals surface area contributed by atoms with Gasteiger partial charge in [-0.1, -0.05) is 0 Å². The monoisotopic (exact) mass is 263 g/mol. The van der Waals surface area contributed by atoms with Gasteiger partial charge in [0.15, 0.2) is 11.6 Å². The highest BCUT2D eigenvalue weighted by molar-refractivity contribution is 5.94. The van der Waals surface area contributed by atoms with Crippen LogP contribution in [0.15, 0.2) is 30.3 Å². The zero-order valence-electron chi connectivity index (χ0n) is 10.2. The summed E-state index contributed by atoms with van der Waals surface area (Å²) in [5.74, 6) is -2.54. The van der Waals surface area contributed by atoms with Gasteiger partial charge in [0, 0.05) is 5.56 Å². The Balaban J connectivity index is 2.01. The molecule has 1 amide bonds. The Labute approximate surface area is 108 Å². The molecule has 0 fully saturated rings. The molecule has 6 heteroatoms. The molecule has 0 atom stereocenters. The third kappa shape index (κ3) is 3.31. The van der Waals surface area contributed by atoms with E-state index < -0.39 is 17.5 Å². The molecule has 19 heavy (non-hydrogen) atoms. The van der Waals surface area contributed by atoms with Gasteiger partial charge in [0.05, 0.1) is 17.9 Å². The van der Waals surface area contributed by atoms with Crippen molar-refractivity contribution in [3.05, 3.63) is 58.9 Å². The van der Waals surface area contributed by atoms with Crippen molar-refractivity contribution < 1.29 is 13.6 Å². The zero-order chi connectivity index (χ0) is 13.8. The van der Waals surface area contributed by atoms with Crippen LogP contribution in [0.4, 0.5) is 8.78 Å². The number of benzene rings is 1. The van der Waals surface area contributed by atoms with E-state index in [1.165, 1.54) is 6.07 Å². The maximum Gasteiger partial charge on any atom is 0.251 e. The Morgan fingerprint density at radius 3 is 2.58 bits per heavy atom. The molecular formula is C13H11F2N3O. The normalized spacial score (nSPS) is 10.3. The minimum absolute atomic E-state index is 0.0546. The van der Waals surface area contributed by atoms with Gasteiger partial charge in [0.1, 0.15) is 0 Å². The van der Waals surface area contributed by atoms with Gasteiger partial charge >= 0.3 is 0 Å². The summed E-state index contributed by atoms with van der Waals surface area (Å²) < 4.78 is 25.7. The van der Waals surface area contributed by atoms with Crippen molar-refractivity contribution in [3.8, 4) is 0 Å². The molecule has 0 spiro atoms. The number of halogens is 2. The Hall–Kier alpha value is -2.37. The summed E-state index contributed by atoms with van der Waals surface area (Å²) >= 11 is 0. The van der Waals surface area contributed by atoms with Crippen LogP contribution in [0.1, 0.15) is 21.7 Å². The third-order valence-corrected chi connectivity index (χ3v) is 2.46. The van der Waals surface area contributed by atoms with Gasteiger partial charge in [0.25, 0.3) is 5.91 Å². The average molecular weight is 263 g/mol. The number of nitrogens with one attached hydrogen (secondary N) is 1. The van der Waals surface area contributed by atoms with Crippen molar-refractivity contribution in [2.75, 3.05) is 0 Å². The summed E-state index contributed by atoms with van der Waals surface area (Å²) in [6.45, 7) is 1.97. The maximum absolute atomic E-state index is 13.0. The van der Waals surface area contributed by atoms with Crippen molar-refractivity contribution in [2.24, 2.45) is 0 Å². The summed E-state index contributed by atoms with van der Waals surface area (Å²) in [5.41, 5.74) is 1.41. The predicted octanol–water partition coefficient (Wildman–Crippen LogP) is 1.99. The second-order valence-electron chi connectivity index (χ2n) is 3.98. The Morgan fingerprint density at radius 2 is 1.95 bits per heavy atom. The minimum Gasteiger partial charge on any atom is -0.346 e. The van der Waals surface area contributed by atoms with Gasteiger partial charge in [-0.2, -0.15) is 10.2 Å². The Kier molecular flexibility index (Phi) is 3.79. The molecule has 0 saturated carbocycles. The molecule has 98 valence electrons. The number of carbonyl (C=O) groups is 1. The van der Waals surface area contributed by atoms with Gasteiger partial charge in [-0.3, -0.25) is 4.79 Å². The van der Waals surface area contributed by atoms with Crippen LogP contribution in [0.3, 0.4) is 0 Å². The third-order valence-electron chi connectivity index (χ3n) is 2.46. The first-order chi connectivity index (χ1) is 9.06. The van der Waals surface area contributed by atoms with Gasteiger partial charge in [-0.25, -0.2) is 8.78 Å². The van der Waals surface area contributed by atoms with Crippen LogP contribution in [0, 0.1) is 18.6 Å². The molecule has 0 unspecified atom stereocenters. The number of aromatic nitrogens is 2. The molecule has 1 heterocycles. The molecule has 0 saturated heterocycles. The van der Waals surface area contributed by atoms with E-state index in [-0.39, 0.29) is 12.1 Å². The summed E-state index contributed by atoms with van der Waals surface area (Å²) in [6, 6.07) is 6.48. The maximum atomic E-state index is 13.0. The molecule has 2 aromatic rings. The fraction of sp³-hybridized carbons (Fsp3) is 0.154. The lowest BCUT2D eigenvalue weighted by molar-refractivity contribution is 0.0950. The van der Waals surface area contributed by atoms with Crippen LogP contribution in [0.25, 0.3) is 0 Å². The quantitative estimate of drug-likeness (QED) is 0.921. The molecule has 0 bridgehead atoms. The molecule has 2 rings (SSSR count). The molecule has 4 nitrogen and oxygen atoms in total. The summed E-state index contributed by atoms with van der Waals surface area (Å²) in [7, 11) is 0. The van der Waals surface area contributed by atoms with Crippen molar-refractivity contribution >= 4 is 5.91 Å². The van der Waals surface area contributed by atoms with Crippen LogP contribution in [-0.4, -0.2) is 16.1 Å². The average Bonchev–Trinajstić information content (AvgIpc) is 2.41. The van der Waals surface area contributed by atoms with Crippen LogP contribution < -0.4 is 5.32 Å². The predicted molar refractivity (Wildman–Crippen MR) is 64.3 cm³/mol. The number of rotatable bonds is 3. The molecule has 1 N–H and O–H groups in total. The number of aryl methyl sites for hydroxylation is 1. The first-order valence-electron chi connectivity index (χ1n) is 5.59. The summed E-state index contributed by atoms with van der Waals surface area (Å²) in [5, 5.41) is 10.3. The van der Waals surface area contributed by atoms with Crippen molar-refractivity contribution in [1.29, 1.82) is 0 Å². The van der Waals surface area contributed by atoms with Crippen LogP contribution in [-0.2, 0) is 6.54 Å². The molecule has 1 aromatic heterocycles. The fourth-order valence-corrected chi connectivity index (χ4v) is 1.43. The number of hydrogen-bond acceptors (Lipinski definition) is 3. The number of nitrogens with zero attached hydrogens (tertiary/aromatic N) is 2. The van der Waals surface area contributed by atoms with Gasteiger partial charge < -0.3 is 5.32 Å². The van der Waals surface area contributed by atoms with Gasteiger partial charge in [-0.15, -0.1) is 0 Å². The van der Waals surface area contributed by atoms with E-state index in [0.717, 1.165) is 17.8 Å². The van der Waals surface area contributed by atoms with Crippen LogP contribution in [0.2, 0.25) is 0 Å². The number of hydrogen-bond donors (Lipinski definition) is 1. The van der Waals surface area contributed by atoms with Crippen LogP contribution in [0.5, 0.6) is 0 Å². The SMILES string of the molecule is Cc1ccc(CNC(=O)c2ccc(F)c(F)c2)nn1. The van der Waals surface area contributed by atoms with Crippen molar-refractivity contribution in [1.82, 2.24) is 15.5 Å². The highest BCUT2D eigenvalue weighted by atomic mass is 19.2. The minimum atomic E-state index is -1.05. The summed E-state index contributed by atoms with van der Waals surface area (Å²) in [6.07, 6.45) is 0. The Morgan fingerprint density at radius 1 is 1.16 bits per heavy atom. The highest BCUT2D eigenvalue weighted by Gasteiger charge is 2.09. The standard InChI is InChI=1S/C13H11F2N3O/c1-8-2-4-10(18-17-8)7-16-13(19)9-3-5-11(14)12(15)6-9/h2-6H,7H2,1H3,(H,16,19). The van der Waals surface area contributed by atoms with E-state index in [0.29, 0.717) is 5.69 Å². The van der Waals surface area contributed by atoms with E-state index >= 15 is 0 Å². The topological polar surface area (TPSA) is 54.9 Å². The smallest absolute Gasteiger partial charge is 0.251 e. The van der Waals surface area contributed by atoms with E-state index in [9.17, 15) is 13.6 Å². The van der Waals surface area contributed by atoms with Crippen molar-refractivity contribution in [3.63, 3.8) is 0 Å². The second-order valence-corrected chi connectivity index (χ2v) is 3.98. The molecule has 1 aromatic carbocycles. The van der Waals surface area contributed by atoms with E-state index in [1.54, 1.807) is 19.1 Å². The molecule has 0 radical (unpaired) electrons. The van der Waals surface area contributed by atoms with E-state index in [1.807, 2.05) is 0 Å². The number of carbonyl (C=O) groups excluding carboxylic acids is 1. The fourth-order valence-electron chi connectivity index (χ4n) is 1.43. The number of amides is 1. The van der Waals surface area contributed by atoms with Gasteiger partial charge in [0.2, 0.25) is 0 Å². The van der Waals surface area contributed by atoms with Crippen molar-refractivity contribution in [2.45, 2.75) is 13.5 Å². The lowest BCUT2D eigenvalue weighted by atomic mass is 10.2. The molecule has 0 aliphatic heterocycles. The van der Waals surface area contributed by atoms with E-state index in [2.05, 4.69) is 15.5 Å². The van der Waals surface area contributed by atoms with Crippen LogP contribution >= 0.6 is 0 Å². The largest absolute Gasteiger partial charge is 0.346 e. The second kappa shape index (κ2) is 5.51. The molecule has 0 aliphatic rings. The molecule has 0 aliphatic carbocycles. The van der Waals surface area contributed by atoms with Gasteiger partial charge in [-0.05, 0) is 37.3 Å². The lowest BCUT2D eigenvalue weighted by Crippen LogP contribution is -2.23. The van der Waals surface area contributed by atoms with E-state index in [4.69, 9.17) is 0 Å². The first kappa shape index (κ1) is 13.1. The first-order valence-corrected chi connectivity index (χ1v) is 5.59. The molecular weight excluding hydrogens is 252 g/mol. The summed E-state index contributed by atoms with van der Waals surface area (Å²) in [4.78, 5) is 11.7. The lowest BCUT2D eigenvalue weighted by Gasteiger charge is -2.05. The highest BCUT2D eigenvalue weighted by Crippen LogP contribution is 2.08.